The Morgan fingerprint density at radius 3 is 2.62 bits per heavy atom. The van der Waals surface area contributed by atoms with Crippen molar-refractivity contribution in [1.29, 1.82) is 0 Å². The van der Waals surface area contributed by atoms with Crippen LogP contribution in [0.2, 0.25) is 5.02 Å². The second-order valence-corrected chi connectivity index (χ2v) is 5.72. The number of hydrogen-bond acceptors (Lipinski definition) is 6. The van der Waals surface area contributed by atoms with Crippen LogP contribution in [0.1, 0.15) is 17.4 Å². The van der Waals surface area contributed by atoms with Crippen molar-refractivity contribution in [2.45, 2.75) is 20.4 Å². The van der Waals surface area contributed by atoms with Crippen molar-refractivity contribution in [1.82, 2.24) is 14.3 Å². The van der Waals surface area contributed by atoms with Gasteiger partial charge in [0.15, 0.2) is 5.76 Å². The van der Waals surface area contributed by atoms with E-state index >= 15 is 0 Å². The maximum absolute atomic E-state index is 5.90. The molecule has 3 aromatic rings. The molecule has 0 fully saturated rings. The number of halogens is 1. The summed E-state index contributed by atoms with van der Waals surface area (Å²) < 4.78 is 9.92. The Morgan fingerprint density at radius 2 is 1.95 bits per heavy atom. The molecule has 3 rings (SSSR count). The quantitative estimate of drug-likeness (QED) is 0.785. The van der Waals surface area contributed by atoms with Gasteiger partial charge in [-0.2, -0.15) is 4.37 Å². The van der Waals surface area contributed by atoms with Crippen molar-refractivity contribution in [3.05, 3.63) is 46.7 Å². The summed E-state index contributed by atoms with van der Waals surface area (Å²) in [7, 11) is 0. The van der Waals surface area contributed by atoms with Gasteiger partial charge in [-0.25, -0.2) is 9.97 Å². The number of oxazole rings is 1. The van der Waals surface area contributed by atoms with Crippen molar-refractivity contribution in [2.75, 3.05) is 5.32 Å². The van der Waals surface area contributed by atoms with E-state index in [9.17, 15) is 0 Å². The van der Waals surface area contributed by atoms with E-state index in [2.05, 4.69) is 19.7 Å². The largest absolute Gasteiger partial charge is 0.438 e. The highest BCUT2D eigenvalue weighted by molar-refractivity contribution is 7.09. The van der Waals surface area contributed by atoms with E-state index in [1.54, 1.807) is 0 Å². The number of aromatic nitrogens is 3. The smallest absolute Gasteiger partial charge is 0.214 e. The predicted molar refractivity (Wildman–Crippen MR) is 83.7 cm³/mol. The van der Waals surface area contributed by atoms with Gasteiger partial charge in [0.2, 0.25) is 11.0 Å². The summed E-state index contributed by atoms with van der Waals surface area (Å²) in [5, 5.41) is 4.61. The summed E-state index contributed by atoms with van der Waals surface area (Å²) in [6, 6.07) is 7.50. The van der Waals surface area contributed by atoms with Gasteiger partial charge in [0.25, 0.3) is 0 Å². The molecule has 1 N–H and O–H groups in total. The zero-order chi connectivity index (χ0) is 14.8. The molecule has 0 aliphatic rings. The van der Waals surface area contributed by atoms with Gasteiger partial charge in [0.05, 0.1) is 12.2 Å². The minimum absolute atomic E-state index is 0.475. The van der Waals surface area contributed by atoms with Crippen LogP contribution in [0.4, 0.5) is 5.13 Å². The van der Waals surface area contributed by atoms with Crippen molar-refractivity contribution >= 4 is 28.3 Å². The molecular formula is C14H13ClN4OS. The molecule has 5 nitrogen and oxygen atoms in total. The highest BCUT2D eigenvalue weighted by atomic mass is 35.5. The maximum Gasteiger partial charge on any atom is 0.214 e. The Balaban J connectivity index is 1.76. The molecule has 108 valence electrons. The van der Waals surface area contributed by atoms with Gasteiger partial charge in [-0.15, -0.1) is 0 Å². The molecule has 7 heteroatoms. The fourth-order valence-electron chi connectivity index (χ4n) is 1.92. The molecule has 0 aliphatic carbocycles. The van der Waals surface area contributed by atoms with Gasteiger partial charge < -0.3 is 9.73 Å². The number of anilines is 1. The Morgan fingerprint density at radius 1 is 1.19 bits per heavy atom. The molecule has 21 heavy (non-hydrogen) atoms. The minimum atomic E-state index is 0.475. The maximum atomic E-state index is 5.90. The van der Waals surface area contributed by atoms with Crippen LogP contribution in [0.15, 0.2) is 28.7 Å². The molecule has 0 aliphatic heterocycles. The topological polar surface area (TPSA) is 63.8 Å². The van der Waals surface area contributed by atoms with E-state index < -0.39 is 0 Å². The molecule has 1 aromatic carbocycles. The molecule has 2 aromatic heterocycles. The normalized spacial score (nSPS) is 10.8. The molecule has 0 radical (unpaired) electrons. The summed E-state index contributed by atoms with van der Waals surface area (Å²) in [6.45, 7) is 4.25. The lowest BCUT2D eigenvalue weighted by Gasteiger charge is -1.98. The fourth-order valence-corrected chi connectivity index (χ4v) is 2.61. The SMILES string of the molecule is Cc1nsc(NCc2nc(C)c(-c3ccc(Cl)cc3)o2)n1. The number of hydrogen-bond donors (Lipinski definition) is 1. The van der Waals surface area contributed by atoms with Crippen molar-refractivity contribution < 1.29 is 4.42 Å². The monoisotopic (exact) mass is 320 g/mol. The standard InChI is InChI=1S/C14H13ClN4OS/c1-8-13(10-3-5-11(15)6-4-10)20-12(17-8)7-16-14-18-9(2)19-21-14/h3-6H,7H2,1-2H3,(H,16,18,19). The van der Waals surface area contributed by atoms with E-state index in [0.717, 1.165) is 28.0 Å². The van der Waals surface area contributed by atoms with Gasteiger partial charge in [0, 0.05) is 22.1 Å². The van der Waals surface area contributed by atoms with Gasteiger partial charge in [-0.3, -0.25) is 0 Å². The Kier molecular flexibility index (Phi) is 3.90. The molecule has 0 amide bonds. The van der Waals surface area contributed by atoms with Gasteiger partial charge in [-0.1, -0.05) is 11.6 Å². The van der Waals surface area contributed by atoms with Crippen LogP contribution in [0.25, 0.3) is 11.3 Å². The van der Waals surface area contributed by atoms with Crippen LogP contribution in [-0.4, -0.2) is 14.3 Å². The number of rotatable bonds is 4. The molecule has 0 atom stereocenters. The summed E-state index contributed by atoms with van der Waals surface area (Å²) in [6.07, 6.45) is 0. The first-order chi connectivity index (χ1) is 10.1. The molecule has 0 saturated carbocycles. The average Bonchev–Trinajstić information content (AvgIpc) is 3.04. The van der Waals surface area contributed by atoms with E-state index in [-0.39, 0.29) is 0 Å². The third kappa shape index (κ3) is 3.22. The van der Waals surface area contributed by atoms with Gasteiger partial charge in [-0.05, 0) is 38.1 Å². The third-order valence-corrected chi connectivity index (χ3v) is 3.88. The predicted octanol–water partition coefficient (Wildman–Crippen LogP) is 4.08. The first kappa shape index (κ1) is 14.0. The second-order valence-electron chi connectivity index (χ2n) is 4.53. The number of benzene rings is 1. The lowest BCUT2D eigenvalue weighted by Crippen LogP contribution is -1.99. The molecule has 0 spiro atoms. The van der Waals surface area contributed by atoms with Crippen LogP contribution in [0.5, 0.6) is 0 Å². The van der Waals surface area contributed by atoms with Crippen molar-refractivity contribution in [2.24, 2.45) is 0 Å². The van der Waals surface area contributed by atoms with Crippen LogP contribution >= 0.6 is 23.1 Å². The number of nitrogens with zero attached hydrogens (tertiary/aromatic N) is 3. The van der Waals surface area contributed by atoms with E-state index in [1.165, 1.54) is 11.5 Å². The first-order valence-corrected chi connectivity index (χ1v) is 7.53. The third-order valence-electron chi connectivity index (χ3n) is 2.87. The van der Waals surface area contributed by atoms with Crippen LogP contribution in [-0.2, 0) is 6.54 Å². The van der Waals surface area contributed by atoms with Crippen LogP contribution in [0, 0.1) is 13.8 Å². The zero-order valence-corrected chi connectivity index (χ0v) is 13.1. The summed E-state index contributed by atoms with van der Waals surface area (Å²) >= 11 is 7.22. The van der Waals surface area contributed by atoms with Crippen molar-refractivity contribution in [3.8, 4) is 11.3 Å². The molecule has 0 saturated heterocycles. The number of aryl methyl sites for hydroxylation is 2. The molecule has 0 unspecified atom stereocenters. The average molecular weight is 321 g/mol. The van der Waals surface area contributed by atoms with E-state index in [4.69, 9.17) is 16.0 Å². The second kappa shape index (κ2) is 5.83. The lowest BCUT2D eigenvalue weighted by atomic mass is 10.1. The van der Waals surface area contributed by atoms with E-state index in [1.807, 2.05) is 38.1 Å². The Hall–Kier alpha value is -1.92. The van der Waals surface area contributed by atoms with Crippen molar-refractivity contribution in [3.63, 3.8) is 0 Å². The van der Waals surface area contributed by atoms with Gasteiger partial charge in [0.1, 0.15) is 5.82 Å². The molecule has 2 heterocycles. The zero-order valence-electron chi connectivity index (χ0n) is 11.6. The Labute approximate surface area is 131 Å². The van der Waals surface area contributed by atoms with Crippen LogP contribution < -0.4 is 5.32 Å². The highest BCUT2D eigenvalue weighted by Crippen LogP contribution is 2.26. The summed E-state index contributed by atoms with van der Waals surface area (Å²) in [5.41, 5.74) is 1.81. The molecule has 0 bridgehead atoms. The Bertz CT molecular complexity index is 751. The highest BCUT2D eigenvalue weighted by Gasteiger charge is 2.12. The molecular weight excluding hydrogens is 308 g/mol. The van der Waals surface area contributed by atoms with Crippen LogP contribution in [0.3, 0.4) is 0 Å². The summed E-state index contributed by atoms with van der Waals surface area (Å²) in [5.74, 6) is 2.13. The summed E-state index contributed by atoms with van der Waals surface area (Å²) in [4.78, 5) is 8.66. The number of nitrogens with one attached hydrogen (secondary N) is 1. The van der Waals surface area contributed by atoms with E-state index in [0.29, 0.717) is 17.5 Å². The first-order valence-electron chi connectivity index (χ1n) is 6.38. The van der Waals surface area contributed by atoms with Gasteiger partial charge >= 0.3 is 0 Å². The minimum Gasteiger partial charge on any atom is -0.438 e. The fraction of sp³-hybridized carbons (Fsp3) is 0.214. The lowest BCUT2D eigenvalue weighted by molar-refractivity contribution is 0.516.